The van der Waals surface area contributed by atoms with E-state index in [4.69, 9.17) is 99.2 Å². The number of ether oxygens (including phenoxy) is 8. The maximum absolute atomic E-state index is 12.4. The Labute approximate surface area is 284 Å². The van der Waals surface area contributed by atoms with Gasteiger partial charge >= 0.3 is 2.85 Å². The topological polar surface area (TPSA) is 174 Å². The van der Waals surface area contributed by atoms with Gasteiger partial charge in [0.25, 0.3) is 7.82 Å². The molecule has 0 saturated carbocycles. The predicted octanol–water partition coefficient (Wildman–Crippen LogP) is -1.49. The standard InChI is InChI=1S/C12H21B2O8P.C12H21B2O7PS/c1-17-5-9-8(4-12(14)20-9)22-23(15,16)19-6-10-7(18-2)3-11(13)21-10;1-16-5-9-8(4-12(14)19-9)21-22(15,23)18-6-10-7(17-2)3-11(13)20-10/h7-12H,3-6H2,1-2H3,(H,15,16);7-12H,3-6H2,1-2H3,(H,15,23)/t7?,8?,9-,10-,11-,12-;7?,8?,9-,10-,11-,12-,22?/m11/s1. The highest BCUT2D eigenvalue weighted by Gasteiger charge is 2.39. The lowest BCUT2D eigenvalue weighted by molar-refractivity contribution is -0.234. The molecule has 0 aromatic rings. The van der Waals surface area contributed by atoms with Crippen LogP contribution in [0.2, 0.25) is 0 Å². The Hall–Kier alpha value is 0.580. The van der Waals surface area contributed by atoms with Gasteiger partial charge in [-0.3, -0.25) is 4.57 Å². The van der Waals surface area contributed by atoms with Crippen LogP contribution < -0.4 is 9.79 Å². The Kier molecular flexibility index (Phi) is 17.2. The molecular formula is C24H42B4O15P2S. The molecule has 0 aromatic carbocycles. The molecule has 4 aliphatic rings. The van der Waals surface area contributed by atoms with Crippen LogP contribution in [0.3, 0.4) is 0 Å². The molecule has 15 nitrogen and oxygen atoms in total. The van der Waals surface area contributed by atoms with Crippen molar-refractivity contribution in [2.45, 2.75) is 98.5 Å². The van der Waals surface area contributed by atoms with Crippen molar-refractivity contribution in [3.63, 3.8) is 0 Å². The third-order valence-corrected chi connectivity index (χ3v) is 10.1. The lowest BCUT2D eigenvalue weighted by Crippen LogP contribution is -2.32. The third-order valence-electron chi connectivity index (χ3n) is 7.51. The summed E-state index contributed by atoms with van der Waals surface area (Å²) in [6.07, 6.45) is -2.26. The summed E-state index contributed by atoms with van der Waals surface area (Å²) < 4.78 is 74.6. The van der Waals surface area contributed by atoms with E-state index < -0.39 is 75.2 Å². The number of phosphoric acid groups is 1. The minimum Gasteiger partial charge on any atom is -0.780 e. The minimum absolute atomic E-state index is 0. The van der Waals surface area contributed by atoms with Crippen LogP contribution in [0.1, 0.15) is 28.5 Å². The Balaban J connectivity index is 0.000000461. The van der Waals surface area contributed by atoms with Crippen LogP contribution in [-0.2, 0) is 72.4 Å². The van der Waals surface area contributed by atoms with Crippen molar-refractivity contribution in [1.82, 2.24) is 0 Å². The molecule has 4 heterocycles. The summed E-state index contributed by atoms with van der Waals surface area (Å²) in [6, 6.07) is -2.06. The van der Waals surface area contributed by atoms with E-state index in [-0.39, 0.29) is 47.9 Å². The average molecular weight is 708 g/mol. The Bertz CT molecular complexity index is 949. The minimum atomic E-state index is -4.56. The molecule has 4 fully saturated rings. The zero-order valence-corrected chi connectivity index (χ0v) is 28.9. The summed E-state index contributed by atoms with van der Waals surface area (Å²) in [7, 11) is 24.2. The first-order chi connectivity index (χ1) is 21.7. The highest BCUT2D eigenvalue weighted by molar-refractivity contribution is 8.06. The molecule has 46 heavy (non-hydrogen) atoms. The first kappa shape index (κ1) is 41.0. The summed E-state index contributed by atoms with van der Waals surface area (Å²) in [5.41, 5.74) is 0. The SMILES string of the molecule is [B][C@H]1CC(OC)[C@@H](COP(=O)([O-])OC2C[C@H]([B])O[C@@H]2COC)O1.[B][C@H]1CC(OC)[C@@H](COP([O-])(=S)OC2C[C@H]([B])O[C@@H]2COC)O1.[H+].[H+]. The molecule has 0 bridgehead atoms. The van der Waals surface area contributed by atoms with Crippen LogP contribution in [0.4, 0.5) is 0 Å². The number of phosphoric ester groups is 1. The van der Waals surface area contributed by atoms with Crippen LogP contribution in [-0.4, -0.2) is 159 Å². The van der Waals surface area contributed by atoms with Gasteiger partial charge in [-0.05, 0) is 25.7 Å². The molecule has 4 rings (SSSR count). The average Bonchev–Trinajstić information content (AvgIpc) is 3.72. The fourth-order valence-corrected chi connectivity index (χ4v) is 7.75. The number of methoxy groups -OCH3 is 4. The number of rotatable bonds is 16. The predicted molar refractivity (Wildman–Crippen MR) is 167 cm³/mol. The van der Waals surface area contributed by atoms with Crippen molar-refractivity contribution in [2.75, 3.05) is 54.9 Å². The van der Waals surface area contributed by atoms with Crippen LogP contribution in [0.5, 0.6) is 0 Å². The van der Waals surface area contributed by atoms with Gasteiger partial charge in [-0.2, -0.15) is 0 Å². The molecule has 4 aliphatic heterocycles. The molecule has 256 valence electrons. The van der Waals surface area contributed by atoms with Gasteiger partial charge in [-0.15, -0.1) is 0 Å². The Morgan fingerprint density at radius 3 is 1.37 bits per heavy atom. The van der Waals surface area contributed by atoms with Crippen molar-refractivity contribution in [2.24, 2.45) is 0 Å². The van der Waals surface area contributed by atoms with E-state index in [0.29, 0.717) is 19.3 Å². The zero-order valence-electron chi connectivity index (χ0n) is 28.3. The van der Waals surface area contributed by atoms with E-state index in [1.165, 1.54) is 21.3 Å². The van der Waals surface area contributed by atoms with Crippen molar-refractivity contribution in [1.29, 1.82) is 0 Å². The Morgan fingerprint density at radius 1 is 0.630 bits per heavy atom. The number of hydrogen-bond acceptors (Lipinski definition) is 16. The van der Waals surface area contributed by atoms with Gasteiger partial charge in [0, 0.05) is 52.5 Å². The summed E-state index contributed by atoms with van der Waals surface area (Å²) in [4.78, 5) is 24.4. The maximum atomic E-state index is 12.4. The highest BCUT2D eigenvalue weighted by atomic mass is 32.5. The normalized spacial score (nSPS) is 40.3. The van der Waals surface area contributed by atoms with E-state index in [2.05, 4.69) is 0 Å². The quantitative estimate of drug-likeness (QED) is 0.134. The van der Waals surface area contributed by atoms with E-state index in [1.54, 1.807) is 7.11 Å². The molecular weight excluding hydrogens is 666 g/mol. The fraction of sp³-hybridized carbons (Fsp3) is 1.00. The largest absolute Gasteiger partial charge is 1.00 e. The summed E-state index contributed by atoms with van der Waals surface area (Å²) in [5.74, 6) is 0. The van der Waals surface area contributed by atoms with Gasteiger partial charge in [0.1, 0.15) is 62.5 Å². The first-order valence-electron chi connectivity index (χ1n) is 14.6. The van der Waals surface area contributed by atoms with Crippen LogP contribution >= 0.6 is 14.5 Å². The molecule has 14 atom stereocenters. The van der Waals surface area contributed by atoms with Crippen LogP contribution in [0, 0.1) is 0 Å². The monoisotopic (exact) mass is 708 g/mol. The lowest BCUT2D eigenvalue weighted by Gasteiger charge is -2.33. The lowest BCUT2D eigenvalue weighted by atomic mass is 9.96. The van der Waals surface area contributed by atoms with Gasteiger partial charge in [0.15, 0.2) is 0 Å². The van der Waals surface area contributed by atoms with E-state index in [9.17, 15) is 14.4 Å². The Morgan fingerprint density at radius 2 is 0.978 bits per heavy atom. The molecule has 6 unspecified atom stereocenters. The molecule has 8 radical (unpaired) electrons. The van der Waals surface area contributed by atoms with Gasteiger partial charge < -0.3 is 65.8 Å². The van der Waals surface area contributed by atoms with Crippen molar-refractivity contribution in [3.05, 3.63) is 0 Å². The summed E-state index contributed by atoms with van der Waals surface area (Å²) >= 11 is 4.94. The van der Waals surface area contributed by atoms with Gasteiger partial charge in [-0.25, -0.2) is 0 Å². The van der Waals surface area contributed by atoms with Gasteiger partial charge in [-0.1, -0.05) is 11.8 Å². The first-order valence-corrected chi connectivity index (χ1v) is 18.7. The molecule has 0 aromatic heterocycles. The fourth-order valence-electron chi connectivity index (χ4n) is 5.35. The highest BCUT2D eigenvalue weighted by Crippen LogP contribution is 2.45. The van der Waals surface area contributed by atoms with Gasteiger partial charge in [0.05, 0.1) is 50.8 Å². The van der Waals surface area contributed by atoms with Crippen molar-refractivity contribution in [3.8, 4) is 0 Å². The molecule has 0 spiro atoms. The molecule has 0 N–H and O–H groups in total. The molecule has 4 saturated heterocycles. The van der Waals surface area contributed by atoms with E-state index >= 15 is 0 Å². The second kappa shape index (κ2) is 19.3. The van der Waals surface area contributed by atoms with E-state index in [0.717, 1.165) is 0 Å². The molecule has 0 amide bonds. The molecule has 0 aliphatic carbocycles. The van der Waals surface area contributed by atoms with Gasteiger partial charge in [0.2, 0.25) is 0 Å². The smallest absolute Gasteiger partial charge is 0.780 e. The summed E-state index contributed by atoms with van der Waals surface area (Å²) in [6.45, 7) is -3.55. The number of hydrogen-bond donors (Lipinski definition) is 0. The second-order valence-electron chi connectivity index (χ2n) is 11.0. The zero-order chi connectivity index (χ0) is 34.1. The molecule has 22 heteroatoms. The maximum Gasteiger partial charge on any atom is 1.00 e. The second-order valence-corrected chi connectivity index (χ2v) is 15.1. The van der Waals surface area contributed by atoms with Crippen LogP contribution in [0.15, 0.2) is 0 Å². The van der Waals surface area contributed by atoms with Crippen molar-refractivity contribution >= 4 is 57.7 Å². The summed E-state index contributed by atoms with van der Waals surface area (Å²) in [5, 5.41) is 0. The van der Waals surface area contributed by atoms with Crippen LogP contribution in [0.25, 0.3) is 0 Å². The van der Waals surface area contributed by atoms with Crippen molar-refractivity contribution < 1.29 is 73.2 Å². The third kappa shape index (κ3) is 13.0. The van der Waals surface area contributed by atoms with E-state index in [1.807, 2.05) is 0 Å².